The Bertz CT molecular complexity index is 563. The lowest BCUT2D eigenvalue weighted by atomic mass is 9.53. The molecular weight excluding hydrogens is 328 g/mol. The smallest absolute Gasteiger partial charge is 0.210 e. The Morgan fingerprint density at radius 1 is 1.00 bits per heavy atom. The summed E-state index contributed by atoms with van der Waals surface area (Å²) in [4.78, 5) is 24.7. The molecule has 5 saturated carbocycles. The van der Waals surface area contributed by atoms with E-state index >= 15 is 0 Å². The molecule has 5 aliphatic carbocycles. The molecule has 1 heterocycles. The topological polar surface area (TPSA) is 44.8 Å². The maximum absolute atomic E-state index is 12.5. The van der Waals surface area contributed by atoms with Crippen molar-refractivity contribution in [2.24, 2.45) is 35.0 Å². The lowest BCUT2D eigenvalue weighted by Crippen LogP contribution is -2.59. The van der Waals surface area contributed by atoms with Crippen LogP contribution in [0.5, 0.6) is 0 Å². The summed E-state index contributed by atoms with van der Waals surface area (Å²) in [5.74, 6) is 2.41. The van der Waals surface area contributed by atoms with Crippen molar-refractivity contribution in [1.82, 2.24) is 0 Å². The van der Waals surface area contributed by atoms with Crippen molar-refractivity contribution in [3.8, 4) is 0 Å². The summed E-state index contributed by atoms with van der Waals surface area (Å²) in [7, 11) is 0. The lowest BCUT2D eigenvalue weighted by molar-refractivity contribution is -0.390. The van der Waals surface area contributed by atoms with Gasteiger partial charge in [0.2, 0.25) is 11.6 Å². The van der Waals surface area contributed by atoms with E-state index in [1.165, 1.54) is 32.1 Å². The number of rotatable bonds is 2. The predicted molar refractivity (Wildman–Crippen MR) is 96.8 cm³/mol. The molecule has 0 aromatic heterocycles. The first kappa shape index (κ1) is 17.6. The highest BCUT2D eigenvalue weighted by molar-refractivity contribution is 5.83. The number of ether oxygens (including phenoxy) is 1. The highest BCUT2D eigenvalue weighted by atomic mass is 17.3. The van der Waals surface area contributed by atoms with Crippen molar-refractivity contribution >= 4 is 5.78 Å². The second-order valence-electron chi connectivity index (χ2n) is 11.0. The van der Waals surface area contributed by atoms with Gasteiger partial charge in [0.1, 0.15) is 5.78 Å². The first-order valence-electron chi connectivity index (χ1n) is 10.9. The Hall–Kier alpha value is -0.450. The van der Waals surface area contributed by atoms with Gasteiger partial charge in [-0.15, -0.1) is 0 Å². The fraction of sp³-hybridized carbons (Fsp3) is 0.955. The first-order valence-corrected chi connectivity index (χ1v) is 10.9. The van der Waals surface area contributed by atoms with Gasteiger partial charge in [-0.2, -0.15) is 9.78 Å². The second kappa shape index (κ2) is 5.78. The fourth-order valence-electron chi connectivity index (χ4n) is 6.82. The molecule has 2 spiro atoms. The maximum atomic E-state index is 12.5. The summed E-state index contributed by atoms with van der Waals surface area (Å²) in [5, 5.41) is 0. The van der Waals surface area contributed by atoms with Crippen LogP contribution in [0.15, 0.2) is 0 Å². The fourth-order valence-corrected chi connectivity index (χ4v) is 6.82. The SMILES string of the molecule is CC(C)(C)C(=O)C[C@@H]1CCC[C@]2(C1)OOC1(O2)C2CC3CC(C2)CC1C3. The predicted octanol–water partition coefficient (Wildman–Crippen LogP) is 5.01. The van der Waals surface area contributed by atoms with Crippen LogP contribution in [-0.4, -0.2) is 17.4 Å². The number of Topliss-reactive ketones (excluding diaryl/α,β-unsaturated/α-hetero) is 1. The highest BCUT2D eigenvalue weighted by Crippen LogP contribution is 2.64. The van der Waals surface area contributed by atoms with Gasteiger partial charge in [-0.25, -0.2) is 0 Å². The van der Waals surface area contributed by atoms with Crippen LogP contribution in [0.4, 0.5) is 0 Å². The minimum absolute atomic E-state index is 0.263. The summed E-state index contributed by atoms with van der Waals surface area (Å²) in [6, 6.07) is 0. The van der Waals surface area contributed by atoms with Gasteiger partial charge in [0.15, 0.2) is 0 Å². The number of carbonyl (C=O) groups is 1. The van der Waals surface area contributed by atoms with Crippen molar-refractivity contribution in [1.29, 1.82) is 0 Å². The van der Waals surface area contributed by atoms with Gasteiger partial charge in [0.25, 0.3) is 0 Å². The van der Waals surface area contributed by atoms with E-state index in [2.05, 4.69) is 0 Å². The molecule has 0 radical (unpaired) electrons. The molecule has 0 amide bonds. The minimum Gasteiger partial charge on any atom is -0.312 e. The largest absolute Gasteiger partial charge is 0.312 e. The van der Waals surface area contributed by atoms with E-state index in [-0.39, 0.29) is 5.41 Å². The van der Waals surface area contributed by atoms with Crippen molar-refractivity contribution in [2.75, 3.05) is 0 Å². The van der Waals surface area contributed by atoms with E-state index in [0.717, 1.165) is 37.5 Å². The molecule has 4 bridgehead atoms. The minimum atomic E-state index is -0.601. The number of hydrogen-bond donors (Lipinski definition) is 0. The van der Waals surface area contributed by atoms with Gasteiger partial charge in [0.05, 0.1) is 0 Å². The zero-order chi connectivity index (χ0) is 18.2. The Morgan fingerprint density at radius 2 is 1.65 bits per heavy atom. The van der Waals surface area contributed by atoms with Gasteiger partial charge in [-0.3, -0.25) is 4.79 Å². The number of carbonyl (C=O) groups excluding carboxylic acids is 1. The summed E-state index contributed by atoms with van der Waals surface area (Å²) < 4.78 is 6.80. The van der Waals surface area contributed by atoms with E-state index in [9.17, 15) is 4.79 Å². The third-order valence-corrected chi connectivity index (χ3v) is 8.03. The van der Waals surface area contributed by atoms with E-state index in [0.29, 0.717) is 30.0 Å². The molecule has 1 aliphatic heterocycles. The van der Waals surface area contributed by atoms with E-state index in [1.807, 2.05) is 20.8 Å². The summed E-state index contributed by atoms with van der Waals surface area (Å²) in [6.45, 7) is 6.05. The van der Waals surface area contributed by atoms with Crippen LogP contribution < -0.4 is 0 Å². The number of hydrogen-bond acceptors (Lipinski definition) is 4. The molecule has 26 heavy (non-hydrogen) atoms. The standard InChI is InChI=1S/C22H34O4/c1-20(2,3)19(23)12-14-5-4-6-21(13-14)24-22(26-25-21)17-8-15-7-16(10-17)11-18(22)9-15/h14-18H,4-13H2,1-3H3/t14-,15?,16?,17?,18?,21+,22?/m0/s1. The molecule has 0 aromatic carbocycles. The van der Waals surface area contributed by atoms with Crippen molar-refractivity contribution < 1.29 is 19.3 Å². The Balaban J connectivity index is 1.31. The molecule has 1 saturated heterocycles. The van der Waals surface area contributed by atoms with E-state index < -0.39 is 11.6 Å². The quantitative estimate of drug-likeness (QED) is 0.648. The van der Waals surface area contributed by atoms with Gasteiger partial charge >= 0.3 is 0 Å². The average molecular weight is 363 g/mol. The Labute approximate surface area is 157 Å². The maximum Gasteiger partial charge on any atom is 0.210 e. The van der Waals surface area contributed by atoms with Gasteiger partial charge in [0, 0.05) is 36.5 Å². The Kier molecular flexibility index (Phi) is 3.92. The van der Waals surface area contributed by atoms with E-state index in [4.69, 9.17) is 14.5 Å². The molecule has 6 rings (SSSR count). The normalized spacial score (nSPS) is 50.0. The van der Waals surface area contributed by atoms with Crippen LogP contribution in [-0.2, 0) is 19.3 Å². The lowest BCUT2D eigenvalue weighted by Gasteiger charge is -2.57. The van der Waals surface area contributed by atoms with Gasteiger partial charge in [-0.05, 0) is 62.7 Å². The van der Waals surface area contributed by atoms with Crippen LogP contribution in [0.2, 0.25) is 0 Å². The highest BCUT2D eigenvalue weighted by Gasteiger charge is 2.67. The molecule has 0 N–H and O–H groups in total. The molecule has 0 aromatic rings. The summed E-state index contributed by atoms with van der Waals surface area (Å²) in [6.07, 6.45) is 10.9. The van der Waals surface area contributed by atoms with Crippen LogP contribution in [0.1, 0.15) is 85.0 Å². The van der Waals surface area contributed by atoms with Gasteiger partial charge in [-0.1, -0.05) is 20.8 Å². The molecular formula is C22H34O4. The van der Waals surface area contributed by atoms with Gasteiger partial charge < -0.3 is 4.74 Å². The summed E-state index contributed by atoms with van der Waals surface area (Å²) >= 11 is 0. The second-order valence-corrected chi connectivity index (χ2v) is 11.0. The van der Waals surface area contributed by atoms with Crippen molar-refractivity contribution in [3.05, 3.63) is 0 Å². The van der Waals surface area contributed by atoms with Crippen LogP contribution in [0.25, 0.3) is 0 Å². The molecule has 146 valence electrons. The third kappa shape index (κ3) is 2.70. The zero-order valence-electron chi connectivity index (χ0n) is 16.6. The molecule has 0 unspecified atom stereocenters. The molecule has 4 nitrogen and oxygen atoms in total. The monoisotopic (exact) mass is 362 g/mol. The molecule has 2 atom stereocenters. The van der Waals surface area contributed by atoms with Crippen LogP contribution in [0.3, 0.4) is 0 Å². The van der Waals surface area contributed by atoms with Crippen molar-refractivity contribution in [3.63, 3.8) is 0 Å². The van der Waals surface area contributed by atoms with E-state index in [1.54, 1.807) is 0 Å². The van der Waals surface area contributed by atoms with Crippen LogP contribution >= 0.6 is 0 Å². The Morgan fingerprint density at radius 3 is 2.27 bits per heavy atom. The molecule has 6 fully saturated rings. The van der Waals surface area contributed by atoms with Crippen LogP contribution in [0, 0.1) is 35.0 Å². The molecule has 6 aliphatic rings. The summed E-state index contributed by atoms with van der Waals surface area (Å²) in [5.41, 5.74) is -0.263. The first-order chi connectivity index (χ1) is 12.3. The number of ketones is 1. The van der Waals surface area contributed by atoms with Crippen molar-refractivity contribution in [2.45, 2.75) is 96.6 Å². The molecule has 4 heteroatoms. The zero-order valence-corrected chi connectivity index (χ0v) is 16.6. The average Bonchev–Trinajstić information content (AvgIpc) is 2.91. The third-order valence-electron chi connectivity index (χ3n) is 8.03.